The molecule has 8 heteroatoms. The van der Waals surface area contributed by atoms with Crippen molar-refractivity contribution >= 4 is 11.5 Å². The third-order valence-electron chi connectivity index (χ3n) is 2.77. The highest BCUT2D eigenvalue weighted by Crippen LogP contribution is 2.29. The Labute approximate surface area is 121 Å². The van der Waals surface area contributed by atoms with E-state index < -0.39 is 29.2 Å². The van der Waals surface area contributed by atoms with Crippen LogP contribution in [0.25, 0.3) is 0 Å². The lowest BCUT2D eigenvalue weighted by Gasteiger charge is -2.09. The van der Waals surface area contributed by atoms with Crippen LogP contribution < -0.4 is 0 Å². The quantitative estimate of drug-likeness (QED) is 0.236. The summed E-state index contributed by atoms with van der Waals surface area (Å²) in [5, 5.41) is 11.7. The number of nitrogens with zero attached hydrogens (tertiary/aromatic N) is 2. The fourth-order valence-electron chi connectivity index (χ4n) is 1.76. The Morgan fingerprint density at radius 1 is 1.14 bits per heavy atom. The Morgan fingerprint density at radius 3 is 2.45 bits per heavy atom. The van der Waals surface area contributed by atoms with E-state index in [1.165, 1.54) is 6.07 Å². The average molecular weight is 312 g/mol. The normalized spacial score (nSPS) is 12.3. The second-order valence-corrected chi connectivity index (χ2v) is 4.22. The molecule has 0 radical (unpaired) electrons. The van der Waals surface area contributed by atoms with Crippen LogP contribution in [0.15, 0.2) is 47.8 Å². The number of ketones is 1. The highest BCUT2D eigenvalue weighted by molar-refractivity contribution is 6.51. The highest BCUT2D eigenvalue weighted by atomic mass is 19.4. The molecular weight excluding hydrogens is 304 g/mol. The molecule has 4 nitrogen and oxygen atoms in total. The molecule has 0 amide bonds. The van der Waals surface area contributed by atoms with Gasteiger partial charge in [-0.15, -0.1) is 0 Å². The first-order chi connectivity index (χ1) is 10.3. The van der Waals surface area contributed by atoms with E-state index in [-0.39, 0.29) is 11.1 Å². The van der Waals surface area contributed by atoms with Crippen molar-refractivity contribution in [3.05, 3.63) is 65.2 Å². The first kappa shape index (κ1) is 15.6. The van der Waals surface area contributed by atoms with Crippen molar-refractivity contribution in [1.29, 1.82) is 0 Å². The van der Waals surface area contributed by atoms with Gasteiger partial charge >= 0.3 is 6.18 Å². The standard InChI is InChI=1S/C14H8F4N2O2/c15-11-7-8(4-5-19-11)12(20-22)13(21)9-2-1-3-10(6-9)14(16,17)18/h1-7,22H/b20-12+. The van der Waals surface area contributed by atoms with Gasteiger partial charge in [0.15, 0.2) is 5.71 Å². The zero-order chi connectivity index (χ0) is 16.3. The summed E-state index contributed by atoms with van der Waals surface area (Å²) < 4.78 is 51.0. The lowest BCUT2D eigenvalue weighted by atomic mass is 10.00. The van der Waals surface area contributed by atoms with Crippen molar-refractivity contribution < 1.29 is 27.6 Å². The first-order valence-corrected chi connectivity index (χ1v) is 5.89. The lowest BCUT2D eigenvalue weighted by molar-refractivity contribution is -0.137. The Balaban J connectivity index is 2.42. The number of pyridine rings is 1. The summed E-state index contributed by atoms with van der Waals surface area (Å²) in [7, 11) is 0. The number of rotatable bonds is 3. The number of benzene rings is 1. The Bertz CT molecular complexity index is 742. The molecule has 114 valence electrons. The van der Waals surface area contributed by atoms with E-state index in [0.29, 0.717) is 6.07 Å². The summed E-state index contributed by atoms with van der Waals surface area (Å²) >= 11 is 0. The van der Waals surface area contributed by atoms with Crippen LogP contribution in [0.3, 0.4) is 0 Å². The minimum atomic E-state index is -4.62. The lowest BCUT2D eigenvalue weighted by Crippen LogP contribution is -2.17. The minimum Gasteiger partial charge on any atom is -0.410 e. The van der Waals surface area contributed by atoms with Crippen LogP contribution in [0.2, 0.25) is 0 Å². The Morgan fingerprint density at radius 2 is 1.86 bits per heavy atom. The fourth-order valence-corrected chi connectivity index (χ4v) is 1.76. The SMILES string of the molecule is O=C(/C(=N/O)c1ccnc(F)c1)c1cccc(C(F)(F)F)c1. The molecule has 0 unspecified atom stereocenters. The summed E-state index contributed by atoms with van der Waals surface area (Å²) in [5.41, 5.74) is -2.03. The largest absolute Gasteiger partial charge is 0.416 e. The molecule has 0 saturated heterocycles. The molecule has 1 aromatic heterocycles. The molecule has 2 aromatic rings. The zero-order valence-electron chi connectivity index (χ0n) is 10.8. The van der Waals surface area contributed by atoms with Crippen LogP contribution in [0.5, 0.6) is 0 Å². The molecule has 0 aliphatic heterocycles. The third kappa shape index (κ3) is 3.27. The number of hydrogen-bond acceptors (Lipinski definition) is 4. The fraction of sp³-hybridized carbons (Fsp3) is 0.0714. The van der Waals surface area contributed by atoms with E-state index in [1.54, 1.807) is 0 Å². The van der Waals surface area contributed by atoms with E-state index >= 15 is 0 Å². The van der Waals surface area contributed by atoms with Gasteiger partial charge in [0.2, 0.25) is 11.7 Å². The summed E-state index contributed by atoms with van der Waals surface area (Å²) in [6.07, 6.45) is -3.58. The molecule has 2 rings (SSSR count). The number of oxime groups is 1. The maximum atomic E-state index is 13.0. The second-order valence-electron chi connectivity index (χ2n) is 4.22. The highest BCUT2D eigenvalue weighted by Gasteiger charge is 2.31. The van der Waals surface area contributed by atoms with Crippen LogP contribution in [0.1, 0.15) is 21.5 Å². The molecule has 1 N–H and O–H groups in total. The topological polar surface area (TPSA) is 62.5 Å². The van der Waals surface area contributed by atoms with E-state index in [4.69, 9.17) is 5.21 Å². The van der Waals surface area contributed by atoms with Crippen molar-refractivity contribution in [2.24, 2.45) is 5.16 Å². The van der Waals surface area contributed by atoms with Crippen molar-refractivity contribution in [2.45, 2.75) is 6.18 Å². The van der Waals surface area contributed by atoms with Crippen LogP contribution in [-0.4, -0.2) is 21.7 Å². The molecule has 0 bridgehead atoms. The molecule has 0 saturated carbocycles. The molecular formula is C14H8F4N2O2. The first-order valence-electron chi connectivity index (χ1n) is 5.89. The maximum absolute atomic E-state index is 13.0. The van der Waals surface area contributed by atoms with E-state index in [1.807, 2.05) is 0 Å². The van der Waals surface area contributed by atoms with Gasteiger partial charge in [0, 0.05) is 23.4 Å². The van der Waals surface area contributed by atoms with Crippen LogP contribution in [-0.2, 0) is 6.18 Å². The molecule has 0 fully saturated rings. The van der Waals surface area contributed by atoms with Gasteiger partial charge in [0.25, 0.3) is 0 Å². The van der Waals surface area contributed by atoms with Gasteiger partial charge in [-0.05, 0) is 18.2 Å². The van der Waals surface area contributed by atoms with Gasteiger partial charge in [0.1, 0.15) is 0 Å². The number of Topliss-reactive ketones (excluding diaryl/α,β-unsaturated/α-hetero) is 1. The maximum Gasteiger partial charge on any atom is 0.416 e. The number of alkyl halides is 3. The predicted octanol–water partition coefficient (Wildman–Crippen LogP) is 3.30. The minimum absolute atomic E-state index is 0.0996. The predicted molar refractivity (Wildman–Crippen MR) is 68.3 cm³/mol. The van der Waals surface area contributed by atoms with Crippen molar-refractivity contribution in [3.8, 4) is 0 Å². The smallest absolute Gasteiger partial charge is 0.410 e. The van der Waals surface area contributed by atoms with Gasteiger partial charge in [-0.25, -0.2) is 4.98 Å². The Kier molecular flexibility index (Phi) is 4.20. The van der Waals surface area contributed by atoms with Crippen molar-refractivity contribution in [2.75, 3.05) is 0 Å². The number of carbonyl (C=O) groups is 1. The van der Waals surface area contributed by atoms with Crippen LogP contribution in [0.4, 0.5) is 17.6 Å². The molecule has 1 aromatic carbocycles. The molecule has 1 heterocycles. The zero-order valence-corrected chi connectivity index (χ0v) is 10.8. The molecule has 0 spiro atoms. The van der Waals surface area contributed by atoms with Gasteiger partial charge in [-0.1, -0.05) is 17.3 Å². The van der Waals surface area contributed by atoms with Crippen molar-refractivity contribution in [3.63, 3.8) is 0 Å². The van der Waals surface area contributed by atoms with E-state index in [2.05, 4.69) is 10.1 Å². The van der Waals surface area contributed by atoms with Gasteiger partial charge in [0.05, 0.1) is 5.56 Å². The summed E-state index contributed by atoms with van der Waals surface area (Å²) in [6, 6.07) is 5.66. The van der Waals surface area contributed by atoms with Crippen molar-refractivity contribution in [1.82, 2.24) is 4.98 Å². The summed E-state index contributed by atoms with van der Waals surface area (Å²) in [4.78, 5) is 15.4. The number of aromatic nitrogens is 1. The molecule has 0 atom stereocenters. The number of hydrogen-bond donors (Lipinski definition) is 1. The van der Waals surface area contributed by atoms with Gasteiger partial charge in [-0.3, -0.25) is 4.79 Å². The number of halogens is 4. The summed E-state index contributed by atoms with van der Waals surface area (Å²) in [6.45, 7) is 0. The van der Waals surface area contributed by atoms with E-state index in [9.17, 15) is 22.4 Å². The molecule has 22 heavy (non-hydrogen) atoms. The summed E-state index contributed by atoms with van der Waals surface area (Å²) in [5.74, 6) is -1.89. The van der Waals surface area contributed by atoms with Crippen LogP contribution >= 0.6 is 0 Å². The van der Waals surface area contributed by atoms with Gasteiger partial charge in [-0.2, -0.15) is 17.6 Å². The second kappa shape index (κ2) is 5.92. The van der Waals surface area contributed by atoms with E-state index in [0.717, 1.165) is 30.5 Å². The van der Waals surface area contributed by atoms with Gasteiger partial charge < -0.3 is 5.21 Å². The van der Waals surface area contributed by atoms with Crippen LogP contribution in [0, 0.1) is 5.95 Å². The third-order valence-corrected chi connectivity index (χ3v) is 2.77. The number of carbonyl (C=O) groups excluding carboxylic acids is 1. The average Bonchev–Trinajstić information content (AvgIpc) is 2.47. The Hall–Kier alpha value is -2.77. The molecule has 0 aliphatic carbocycles. The molecule has 0 aliphatic rings. The monoisotopic (exact) mass is 312 g/mol.